The fourth-order valence-corrected chi connectivity index (χ4v) is 5.24. The van der Waals surface area contributed by atoms with Crippen LogP contribution in [0.15, 0.2) is 42.7 Å². The Morgan fingerprint density at radius 1 is 1.17 bits per heavy atom. The Morgan fingerprint density at radius 3 is 2.64 bits per heavy atom. The number of carbonyl (C=O) groups is 1. The number of anilines is 1. The zero-order valence-electron chi connectivity index (χ0n) is 24.5. The SMILES string of the molecule is CCCC(C)C(O)CC(C)c1ccncc1NC(=O)c1ccc(F)c(-c2c(F)cc(OC3CCOCC3)cc2OC)n1. The van der Waals surface area contributed by atoms with E-state index in [2.05, 4.69) is 22.2 Å². The molecule has 2 aromatic heterocycles. The molecule has 10 heteroatoms. The molecule has 3 aromatic rings. The van der Waals surface area contributed by atoms with Crippen LogP contribution in [0.4, 0.5) is 14.5 Å². The predicted molar refractivity (Wildman–Crippen MR) is 156 cm³/mol. The van der Waals surface area contributed by atoms with Gasteiger partial charge < -0.3 is 24.6 Å². The summed E-state index contributed by atoms with van der Waals surface area (Å²) in [5.74, 6) is -1.86. The van der Waals surface area contributed by atoms with Crippen LogP contribution >= 0.6 is 0 Å². The van der Waals surface area contributed by atoms with Crippen molar-refractivity contribution in [1.29, 1.82) is 0 Å². The average Bonchev–Trinajstić information content (AvgIpc) is 2.98. The zero-order valence-corrected chi connectivity index (χ0v) is 24.5. The molecule has 8 nitrogen and oxygen atoms in total. The van der Waals surface area contributed by atoms with Crippen molar-refractivity contribution in [3.8, 4) is 22.8 Å². The molecule has 1 aromatic carbocycles. The third-order valence-corrected chi connectivity index (χ3v) is 7.66. The summed E-state index contributed by atoms with van der Waals surface area (Å²) < 4.78 is 47.1. The number of hydrogen-bond donors (Lipinski definition) is 2. The largest absolute Gasteiger partial charge is 0.496 e. The number of nitrogens with zero attached hydrogens (tertiary/aromatic N) is 2. The van der Waals surface area contributed by atoms with Crippen molar-refractivity contribution in [3.63, 3.8) is 0 Å². The quantitative estimate of drug-likeness (QED) is 0.250. The second-order valence-corrected chi connectivity index (χ2v) is 10.8. The maximum atomic E-state index is 15.4. The fraction of sp³-hybridized carbons (Fsp3) is 0.469. The lowest BCUT2D eigenvalue weighted by Crippen LogP contribution is -2.25. The molecule has 1 amide bonds. The number of nitrogens with one attached hydrogen (secondary N) is 1. The minimum Gasteiger partial charge on any atom is -0.496 e. The summed E-state index contributed by atoms with van der Waals surface area (Å²) >= 11 is 0. The van der Waals surface area contributed by atoms with Crippen molar-refractivity contribution in [2.24, 2.45) is 5.92 Å². The summed E-state index contributed by atoms with van der Waals surface area (Å²) in [6, 6.07) is 6.75. The van der Waals surface area contributed by atoms with Crippen LogP contribution in [0.2, 0.25) is 0 Å². The first-order chi connectivity index (χ1) is 20.2. The number of amides is 1. The summed E-state index contributed by atoms with van der Waals surface area (Å²) in [5.41, 5.74) is 0.569. The van der Waals surface area contributed by atoms with E-state index in [-0.39, 0.29) is 46.4 Å². The molecular weight excluding hydrogens is 544 g/mol. The number of halogens is 2. The Morgan fingerprint density at radius 2 is 1.93 bits per heavy atom. The van der Waals surface area contributed by atoms with Gasteiger partial charge in [0.1, 0.15) is 40.6 Å². The molecule has 3 unspecified atom stereocenters. The number of rotatable bonds is 12. The van der Waals surface area contributed by atoms with Crippen LogP contribution in [0.3, 0.4) is 0 Å². The molecule has 42 heavy (non-hydrogen) atoms. The zero-order chi connectivity index (χ0) is 30.2. The lowest BCUT2D eigenvalue weighted by Gasteiger charge is -2.24. The second kappa shape index (κ2) is 14.5. The Kier molecular flexibility index (Phi) is 10.8. The van der Waals surface area contributed by atoms with Gasteiger partial charge in [0.2, 0.25) is 0 Å². The van der Waals surface area contributed by atoms with Gasteiger partial charge >= 0.3 is 0 Å². The van der Waals surface area contributed by atoms with Crippen LogP contribution in [-0.2, 0) is 4.74 Å². The Balaban J connectivity index is 1.57. The number of hydrogen-bond acceptors (Lipinski definition) is 7. The van der Waals surface area contributed by atoms with Gasteiger partial charge in [0.15, 0.2) is 0 Å². The van der Waals surface area contributed by atoms with Gasteiger partial charge in [-0.3, -0.25) is 9.78 Å². The van der Waals surface area contributed by atoms with E-state index < -0.39 is 23.6 Å². The highest BCUT2D eigenvalue weighted by Gasteiger charge is 2.24. The Hall–Kier alpha value is -3.63. The van der Waals surface area contributed by atoms with Crippen molar-refractivity contribution >= 4 is 11.6 Å². The summed E-state index contributed by atoms with van der Waals surface area (Å²) in [4.78, 5) is 21.6. The van der Waals surface area contributed by atoms with Crippen molar-refractivity contribution in [3.05, 3.63) is 65.6 Å². The van der Waals surface area contributed by atoms with Crippen LogP contribution < -0.4 is 14.8 Å². The van der Waals surface area contributed by atoms with Crippen molar-refractivity contribution in [2.75, 3.05) is 25.6 Å². The highest BCUT2D eigenvalue weighted by Crippen LogP contribution is 2.37. The molecule has 0 aliphatic carbocycles. The third kappa shape index (κ3) is 7.60. The first-order valence-corrected chi connectivity index (χ1v) is 14.4. The van der Waals surface area contributed by atoms with E-state index in [0.29, 0.717) is 38.2 Å². The van der Waals surface area contributed by atoms with Gasteiger partial charge in [-0.25, -0.2) is 13.8 Å². The van der Waals surface area contributed by atoms with Crippen molar-refractivity contribution in [2.45, 2.75) is 71.0 Å². The number of aromatic nitrogens is 2. The van der Waals surface area contributed by atoms with Crippen LogP contribution in [0.25, 0.3) is 11.3 Å². The van der Waals surface area contributed by atoms with Crippen molar-refractivity contribution in [1.82, 2.24) is 9.97 Å². The van der Waals surface area contributed by atoms with Crippen LogP contribution in [-0.4, -0.2) is 53.5 Å². The van der Waals surface area contributed by atoms with Gasteiger partial charge in [-0.1, -0.05) is 27.2 Å². The van der Waals surface area contributed by atoms with E-state index in [1.165, 1.54) is 31.5 Å². The first kappa shape index (κ1) is 31.3. The molecule has 0 radical (unpaired) electrons. The molecule has 0 spiro atoms. The van der Waals surface area contributed by atoms with E-state index in [4.69, 9.17) is 14.2 Å². The summed E-state index contributed by atoms with van der Waals surface area (Å²) in [5, 5.41) is 13.5. The first-order valence-electron chi connectivity index (χ1n) is 14.4. The molecule has 2 N–H and O–H groups in total. The van der Waals surface area contributed by atoms with E-state index in [9.17, 15) is 9.90 Å². The standard InChI is InChI=1S/C32H39F2N3O5/c1-5-6-19(2)28(38)15-20(3)23-9-12-35-18-27(23)37-32(39)26-8-7-24(33)31(36-26)30-25(34)16-22(17-29(30)40-4)42-21-10-13-41-14-11-21/h7-9,12,16-21,28,38H,5-6,10-11,13-15H2,1-4H3,(H,37,39). The predicted octanol–water partition coefficient (Wildman–Crippen LogP) is 6.53. The highest BCUT2D eigenvalue weighted by atomic mass is 19.1. The van der Waals surface area contributed by atoms with Crippen LogP contribution in [0.1, 0.15) is 74.8 Å². The van der Waals surface area contributed by atoms with Gasteiger partial charge in [0.25, 0.3) is 5.91 Å². The maximum absolute atomic E-state index is 15.4. The molecule has 1 aliphatic rings. The number of benzene rings is 1. The van der Waals surface area contributed by atoms with Crippen LogP contribution in [0.5, 0.6) is 11.5 Å². The molecule has 4 rings (SSSR count). The van der Waals surface area contributed by atoms with E-state index in [1.54, 1.807) is 12.3 Å². The number of ether oxygens (including phenoxy) is 3. The molecule has 0 saturated carbocycles. The monoisotopic (exact) mass is 583 g/mol. The van der Waals surface area contributed by atoms with E-state index in [1.807, 2.05) is 13.8 Å². The van der Waals surface area contributed by atoms with Gasteiger partial charge in [-0.05, 0) is 48.4 Å². The number of methoxy groups -OCH3 is 1. The minimum absolute atomic E-state index is 0.0280. The van der Waals surface area contributed by atoms with Gasteiger partial charge in [0, 0.05) is 31.2 Å². The molecule has 1 fully saturated rings. The smallest absolute Gasteiger partial charge is 0.274 e. The van der Waals surface area contributed by atoms with Gasteiger partial charge in [-0.15, -0.1) is 0 Å². The lowest BCUT2D eigenvalue weighted by molar-refractivity contribution is 0.0254. The lowest BCUT2D eigenvalue weighted by atomic mass is 9.88. The normalized spacial score (nSPS) is 16.0. The minimum atomic E-state index is -0.812. The molecule has 1 saturated heterocycles. The van der Waals surface area contributed by atoms with E-state index in [0.717, 1.165) is 24.5 Å². The summed E-state index contributed by atoms with van der Waals surface area (Å²) in [7, 11) is 1.34. The van der Waals surface area contributed by atoms with Gasteiger partial charge in [-0.2, -0.15) is 0 Å². The van der Waals surface area contributed by atoms with Crippen LogP contribution in [0, 0.1) is 17.6 Å². The van der Waals surface area contributed by atoms with Crippen molar-refractivity contribution < 1.29 is 32.9 Å². The average molecular weight is 584 g/mol. The molecule has 1 aliphatic heterocycles. The maximum Gasteiger partial charge on any atom is 0.274 e. The Labute approximate surface area is 245 Å². The fourth-order valence-electron chi connectivity index (χ4n) is 5.24. The number of carbonyl (C=O) groups excluding carboxylic acids is 1. The number of pyridine rings is 2. The number of aliphatic hydroxyl groups is 1. The third-order valence-electron chi connectivity index (χ3n) is 7.66. The second-order valence-electron chi connectivity index (χ2n) is 10.8. The Bertz CT molecular complexity index is 1370. The highest BCUT2D eigenvalue weighted by molar-refractivity contribution is 6.03. The molecule has 0 bridgehead atoms. The van der Waals surface area contributed by atoms with Gasteiger partial charge in [0.05, 0.1) is 43.9 Å². The number of aliphatic hydroxyl groups excluding tert-OH is 1. The molecule has 3 atom stereocenters. The molecule has 226 valence electrons. The summed E-state index contributed by atoms with van der Waals surface area (Å²) in [6.07, 6.45) is 6.31. The topological polar surface area (TPSA) is 103 Å². The molecule has 3 heterocycles. The van der Waals surface area contributed by atoms with E-state index >= 15 is 8.78 Å². The summed E-state index contributed by atoms with van der Waals surface area (Å²) in [6.45, 7) is 7.21. The molecular formula is C32H39F2N3O5.